The standard InChI is InChI=1S/C20H26ClFN2O2/c1-20(2,3)19(26)23-8-4-7-14(12-23)18(25)24-9-5-6-13-10-15(21)11-16(22)17(13)24/h10-11,14H,4-9,12H2,1-3H3/t14-/m1/s1. The van der Waals surface area contributed by atoms with E-state index in [1.807, 2.05) is 20.8 Å². The van der Waals surface area contributed by atoms with Crippen LogP contribution in [-0.4, -0.2) is 36.3 Å². The molecular formula is C20H26ClFN2O2. The van der Waals surface area contributed by atoms with Crippen molar-refractivity contribution >= 4 is 29.1 Å². The van der Waals surface area contributed by atoms with E-state index in [1.54, 1.807) is 15.9 Å². The number of piperidine rings is 1. The summed E-state index contributed by atoms with van der Waals surface area (Å²) in [5.74, 6) is -0.749. The molecule has 1 aromatic carbocycles. The van der Waals surface area contributed by atoms with Crippen LogP contribution in [-0.2, 0) is 16.0 Å². The first-order valence-electron chi connectivity index (χ1n) is 9.27. The highest BCUT2D eigenvalue weighted by Gasteiger charge is 2.37. The number of hydrogen-bond acceptors (Lipinski definition) is 2. The minimum absolute atomic E-state index is 0.0620. The van der Waals surface area contributed by atoms with Gasteiger partial charge in [0.05, 0.1) is 11.6 Å². The molecule has 0 bridgehead atoms. The molecular weight excluding hydrogens is 355 g/mol. The van der Waals surface area contributed by atoms with Crippen molar-refractivity contribution in [3.05, 3.63) is 28.5 Å². The van der Waals surface area contributed by atoms with Gasteiger partial charge < -0.3 is 9.80 Å². The predicted octanol–water partition coefficient (Wildman–Crippen LogP) is 4.04. The monoisotopic (exact) mass is 380 g/mol. The summed E-state index contributed by atoms with van der Waals surface area (Å²) in [4.78, 5) is 29.1. The highest BCUT2D eigenvalue weighted by Crippen LogP contribution is 2.35. The average molecular weight is 381 g/mol. The molecule has 2 amide bonds. The van der Waals surface area contributed by atoms with E-state index < -0.39 is 11.2 Å². The number of carbonyl (C=O) groups is 2. The molecule has 0 unspecified atom stereocenters. The van der Waals surface area contributed by atoms with Crippen LogP contribution in [0.3, 0.4) is 0 Å². The lowest BCUT2D eigenvalue weighted by molar-refractivity contribution is -0.142. The van der Waals surface area contributed by atoms with E-state index in [4.69, 9.17) is 11.6 Å². The molecule has 1 atom stereocenters. The molecule has 0 spiro atoms. The van der Waals surface area contributed by atoms with Crippen LogP contribution in [0.1, 0.15) is 45.6 Å². The molecule has 6 heteroatoms. The van der Waals surface area contributed by atoms with Gasteiger partial charge in [-0.3, -0.25) is 9.59 Å². The Kier molecular flexibility index (Phi) is 5.29. The van der Waals surface area contributed by atoms with Crippen molar-refractivity contribution in [2.45, 2.75) is 46.5 Å². The molecule has 0 aromatic heterocycles. The van der Waals surface area contributed by atoms with Crippen molar-refractivity contribution in [1.29, 1.82) is 0 Å². The summed E-state index contributed by atoms with van der Waals surface area (Å²) >= 11 is 5.97. The highest BCUT2D eigenvalue weighted by atomic mass is 35.5. The second-order valence-electron chi connectivity index (χ2n) is 8.33. The molecule has 1 aromatic rings. The SMILES string of the molecule is CC(C)(C)C(=O)N1CCC[C@@H](C(=O)N2CCCc3cc(Cl)cc(F)c32)C1. The molecule has 0 N–H and O–H groups in total. The zero-order valence-electron chi connectivity index (χ0n) is 15.6. The Bertz CT molecular complexity index is 729. The molecule has 0 aliphatic carbocycles. The average Bonchev–Trinajstić information content (AvgIpc) is 2.59. The smallest absolute Gasteiger partial charge is 0.231 e. The molecule has 1 saturated heterocycles. The normalized spacial score (nSPS) is 20.7. The Hall–Kier alpha value is -1.62. The van der Waals surface area contributed by atoms with E-state index >= 15 is 0 Å². The van der Waals surface area contributed by atoms with Gasteiger partial charge in [-0.15, -0.1) is 0 Å². The summed E-state index contributed by atoms with van der Waals surface area (Å²) in [6.45, 7) is 7.27. The van der Waals surface area contributed by atoms with E-state index in [2.05, 4.69) is 0 Å². The number of carbonyl (C=O) groups excluding carboxylic acids is 2. The minimum atomic E-state index is -0.467. The fourth-order valence-electron chi connectivity index (χ4n) is 3.93. The maximum absolute atomic E-state index is 14.5. The van der Waals surface area contributed by atoms with Crippen molar-refractivity contribution < 1.29 is 14.0 Å². The number of benzene rings is 1. The van der Waals surface area contributed by atoms with Gasteiger partial charge >= 0.3 is 0 Å². The maximum atomic E-state index is 14.5. The fourth-order valence-corrected chi connectivity index (χ4v) is 4.16. The Labute approximate surface area is 159 Å². The number of nitrogens with zero attached hydrogens (tertiary/aromatic N) is 2. The highest BCUT2D eigenvalue weighted by molar-refractivity contribution is 6.30. The van der Waals surface area contributed by atoms with Crippen LogP contribution in [0.2, 0.25) is 5.02 Å². The third-order valence-electron chi connectivity index (χ3n) is 5.17. The zero-order chi connectivity index (χ0) is 19.1. The molecule has 0 radical (unpaired) electrons. The Morgan fingerprint density at radius 1 is 1.19 bits per heavy atom. The quantitative estimate of drug-likeness (QED) is 0.737. The molecule has 4 nitrogen and oxygen atoms in total. The first-order chi connectivity index (χ1) is 12.2. The van der Waals surface area contributed by atoms with Crippen LogP contribution in [0, 0.1) is 17.2 Å². The van der Waals surface area contributed by atoms with Crippen molar-refractivity contribution in [3.63, 3.8) is 0 Å². The largest absolute Gasteiger partial charge is 0.341 e. The van der Waals surface area contributed by atoms with Gasteiger partial charge in [-0.05, 0) is 43.4 Å². The lowest BCUT2D eigenvalue weighted by atomic mass is 9.90. The topological polar surface area (TPSA) is 40.6 Å². The lowest BCUT2D eigenvalue weighted by Crippen LogP contribution is -2.50. The van der Waals surface area contributed by atoms with Gasteiger partial charge in [-0.1, -0.05) is 32.4 Å². The molecule has 1 fully saturated rings. The van der Waals surface area contributed by atoms with Crippen LogP contribution in [0.4, 0.5) is 10.1 Å². The minimum Gasteiger partial charge on any atom is -0.341 e. The molecule has 0 saturated carbocycles. The number of aryl methyl sites for hydroxylation is 1. The molecule has 26 heavy (non-hydrogen) atoms. The number of anilines is 1. The van der Waals surface area contributed by atoms with E-state index in [9.17, 15) is 14.0 Å². The van der Waals surface area contributed by atoms with Crippen molar-refractivity contribution in [2.24, 2.45) is 11.3 Å². The molecule has 3 rings (SSSR count). The Balaban J connectivity index is 1.82. The summed E-state index contributed by atoms with van der Waals surface area (Å²) in [5.41, 5.74) is 0.684. The fraction of sp³-hybridized carbons (Fsp3) is 0.600. The molecule has 2 aliphatic rings. The molecule has 2 heterocycles. The van der Waals surface area contributed by atoms with E-state index in [0.29, 0.717) is 30.3 Å². The Morgan fingerprint density at radius 3 is 2.62 bits per heavy atom. The number of fused-ring (bicyclic) bond motifs is 1. The van der Waals surface area contributed by atoms with Crippen LogP contribution >= 0.6 is 11.6 Å². The van der Waals surface area contributed by atoms with Crippen LogP contribution < -0.4 is 4.90 Å². The number of hydrogen-bond donors (Lipinski definition) is 0. The lowest BCUT2D eigenvalue weighted by Gasteiger charge is -2.39. The predicted molar refractivity (Wildman–Crippen MR) is 101 cm³/mol. The van der Waals surface area contributed by atoms with E-state index in [1.165, 1.54) is 6.07 Å². The van der Waals surface area contributed by atoms with Gasteiger partial charge in [0.25, 0.3) is 0 Å². The zero-order valence-corrected chi connectivity index (χ0v) is 16.4. The van der Waals surface area contributed by atoms with Gasteiger partial charge in [0.15, 0.2) is 0 Å². The maximum Gasteiger partial charge on any atom is 0.231 e. The van der Waals surface area contributed by atoms with Gasteiger partial charge in [-0.25, -0.2) is 4.39 Å². The molecule has 142 valence electrons. The van der Waals surface area contributed by atoms with Gasteiger partial charge in [0.1, 0.15) is 5.82 Å². The third-order valence-corrected chi connectivity index (χ3v) is 5.39. The summed E-state index contributed by atoms with van der Waals surface area (Å²) < 4.78 is 14.5. The first-order valence-corrected chi connectivity index (χ1v) is 9.65. The second-order valence-corrected chi connectivity index (χ2v) is 8.77. The van der Waals surface area contributed by atoms with Crippen molar-refractivity contribution in [3.8, 4) is 0 Å². The summed E-state index contributed by atoms with van der Waals surface area (Å²) in [6.07, 6.45) is 3.03. The van der Waals surface area contributed by atoms with Gasteiger partial charge in [0, 0.05) is 30.1 Å². The number of amides is 2. The number of halogens is 2. The van der Waals surface area contributed by atoms with E-state index in [-0.39, 0.29) is 17.7 Å². The van der Waals surface area contributed by atoms with E-state index in [0.717, 1.165) is 31.2 Å². The number of likely N-dealkylation sites (tertiary alicyclic amines) is 1. The number of rotatable bonds is 1. The van der Waals surface area contributed by atoms with Crippen LogP contribution in [0.5, 0.6) is 0 Å². The first kappa shape index (κ1) is 19.2. The van der Waals surface area contributed by atoms with Crippen LogP contribution in [0.15, 0.2) is 12.1 Å². The van der Waals surface area contributed by atoms with Gasteiger partial charge in [0.2, 0.25) is 11.8 Å². The van der Waals surface area contributed by atoms with Crippen molar-refractivity contribution in [1.82, 2.24) is 4.90 Å². The van der Waals surface area contributed by atoms with Crippen LogP contribution in [0.25, 0.3) is 0 Å². The summed E-state index contributed by atoms with van der Waals surface area (Å²) in [7, 11) is 0. The third kappa shape index (κ3) is 3.73. The molecule has 2 aliphatic heterocycles. The summed E-state index contributed by atoms with van der Waals surface area (Å²) in [6, 6.07) is 3.01. The van der Waals surface area contributed by atoms with Crippen molar-refractivity contribution in [2.75, 3.05) is 24.5 Å². The summed E-state index contributed by atoms with van der Waals surface area (Å²) in [5, 5.41) is 0.357. The second kappa shape index (κ2) is 7.18. The van der Waals surface area contributed by atoms with Gasteiger partial charge in [-0.2, -0.15) is 0 Å². The Morgan fingerprint density at radius 2 is 1.92 bits per heavy atom.